The second kappa shape index (κ2) is 16.9. The molecule has 0 radical (unpaired) electrons. The maximum Gasteiger partial charge on any atom is 0.407 e. The minimum Gasteiger partial charge on any atom is -0.466 e. The molecule has 0 saturated carbocycles. The van der Waals surface area contributed by atoms with Crippen LogP contribution in [-0.4, -0.2) is 77.0 Å². The van der Waals surface area contributed by atoms with Gasteiger partial charge in [-0.15, -0.1) is 0 Å². The predicted octanol–water partition coefficient (Wildman–Crippen LogP) is 4.40. The minimum atomic E-state index is -2.94. The van der Waals surface area contributed by atoms with E-state index in [9.17, 15) is 14.7 Å². The number of amides is 1. The summed E-state index contributed by atoms with van der Waals surface area (Å²) in [5.74, 6) is -1.05. The molecule has 2 N–H and O–H groups in total. The lowest BCUT2D eigenvalue weighted by Crippen LogP contribution is -2.67. The van der Waals surface area contributed by atoms with Crippen molar-refractivity contribution in [3.05, 3.63) is 60.7 Å². The molecule has 1 unspecified atom stereocenters. The Morgan fingerprint density at radius 1 is 0.907 bits per heavy atom. The first-order valence-electron chi connectivity index (χ1n) is 14.9. The Kier molecular flexibility index (Phi) is 14.3. The highest BCUT2D eigenvalue weighted by atomic mass is 28.4. The van der Waals surface area contributed by atoms with Crippen LogP contribution < -0.4 is 15.7 Å². The molecule has 0 heterocycles. The molecule has 10 heteroatoms. The maximum atomic E-state index is 13.0. The van der Waals surface area contributed by atoms with Gasteiger partial charge in [-0.25, -0.2) is 4.79 Å². The Bertz CT molecular complexity index is 1060. The fraction of sp³-hybridized carbons (Fsp3) is 0.576. The van der Waals surface area contributed by atoms with E-state index in [2.05, 4.69) is 50.4 Å². The Labute approximate surface area is 258 Å². The summed E-state index contributed by atoms with van der Waals surface area (Å²) in [5, 5.41) is 16.0. The number of hydrogen-bond acceptors (Lipinski definition) is 8. The highest BCUT2D eigenvalue weighted by Gasteiger charge is 2.50. The van der Waals surface area contributed by atoms with Crippen molar-refractivity contribution in [1.29, 1.82) is 0 Å². The smallest absolute Gasteiger partial charge is 0.407 e. The van der Waals surface area contributed by atoms with Gasteiger partial charge in [0.2, 0.25) is 0 Å². The molecule has 9 nitrogen and oxygen atoms in total. The lowest BCUT2D eigenvalue weighted by atomic mass is 9.93. The maximum absolute atomic E-state index is 13.0. The van der Waals surface area contributed by atoms with Crippen LogP contribution in [0, 0.1) is 5.92 Å². The molecule has 3 atom stereocenters. The molecule has 0 aliphatic rings. The van der Waals surface area contributed by atoms with Crippen LogP contribution in [0.4, 0.5) is 4.79 Å². The lowest BCUT2D eigenvalue weighted by molar-refractivity contribution is -0.147. The van der Waals surface area contributed by atoms with E-state index in [1.165, 1.54) is 7.11 Å². The van der Waals surface area contributed by atoms with Crippen molar-refractivity contribution in [2.75, 3.05) is 33.7 Å². The SMILES string of the molecule is CCOC(=O)CC(O)[C@H](COCOC)C[C@@H](CO[Si](c1ccccc1)(c1ccccc1)C(C)(C)C)NC(=O)OC(C)(C)C. The molecule has 2 aromatic rings. The van der Waals surface area contributed by atoms with Gasteiger partial charge in [-0.1, -0.05) is 81.4 Å². The molecule has 0 bridgehead atoms. The lowest BCUT2D eigenvalue weighted by Gasteiger charge is -2.44. The van der Waals surface area contributed by atoms with Gasteiger partial charge in [0.15, 0.2) is 0 Å². The van der Waals surface area contributed by atoms with E-state index in [-0.39, 0.29) is 44.5 Å². The van der Waals surface area contributed by atoms with Gasteiger partial charge in [0.25, 0.3) is 8.32 Å². The van der Waals surface area contributed by atoms with Crippen LogP contribution in [-0.2, 0) is 28.2 Å². The zero-order valence-electron chi connectivity index (χ0n) is 27.1. The molecule has 0 fully saturated rings. The van der Waals surface area contributed by atoms with Gasteiger partial charge in [-0.2, -0.15) is 0 Å². The Morgan fingerprint density at radius 2 is 1.47 bits per heavy atom. The minimum absolute atomic E-state index is 0.0192. The number of aliphatic hydroxyl groups excluding tert-OH is 1. The molecule has 0 aromatic heterocycles. The molecular formula is C33H51NO8Si. The summed E-state index contributed by atoms with van der Waals surface area (Å²) in [7, 11) is -1.43. The van der Waals surface area contributed by atoms with Crippen molar-refractivity contribution in [2.24, 2.45) is 5.92 Å². The van der Waals surface area contributed by atoms with Crippen LogP contribution in [0.3, 0.4) is 0 Å². The first-order chi connectivity index (χ1) is 20.2. The molecule has 240 valence electrons. The second-order valence-corrected chi connectivity index (χ2v) is 17.0. The predicted molar refractivity (Wildman–Crippen MR) is 170 cm³/mol. The fourth-order valence-corrected chi connectivity index (χ4v) is 9.78. The number of alkyl carbamates (subject to hydrolysis) is 1. The molecule has 2 aromatic carbocycles. The van der Waals surface area contributed by atoms with Gasteiger partial charge in [-0.3, -0.25) is 4.79 Å². The number of nitrogens with one attached hydrogen (secondary N) is 1. The van der Waals surface area contributed by atoms with E-state index in [0.717, 1.165) is 10.4 Å². The number of esters is 1. The Morgan fingerprint density at radius 3 is 1.93 bits per heavy atom. The third-order valence-electron chi connectivity index (χ3n) is 6.98. The zero-order valence-corrected chi connectivity index (χ0v) is 28.1. The number of rotatable bonds is 16. The van der Waals surface area contributed by atoms with E-state index < -0.39 is 44.0 Å². The molecule has 2 rings (SSSR count). The first kappa shape index (κ1) is 36.4. The number of carbonyl (C=O) groups excluding carboxylic acids is 2. The van der Waals surface area contributed by atoms with Crippen molar-refractivity contribution < 1.29 is 38.1 Å². The average Bonchev–Trinajstić information content (AvgIpc) is 2.92. The summed E-state index contributed by atoms with van der Waals surface area (Å²) < 4.78 is 28.4. The van der Waals surface area contributed by atoms with E-state index in [0.29, 0.717) is 0 Å². The molecule has 43 heavy (non-hydrogen) atoms. The van der Waals surface area contributed by atoms with Crippen LogP contribution in [0.25, 0.3) is 0 Å². The van der Waals surface area contributed by atoms with Crippen molar-refractivity contribution in [1.82, 2.24) is 5.32 Å². The summed E-state index contributed by atoms with van der Waals surface area (Å²) in [5.41, 5.74) is -0.710. The largest absolute Gasteiger partial charge is 0.466 e. The Hall–Kier alpha value is -2.76. The zero-order chi connectivity index (χ0) is 32.1. The highest BCUT2D eigenvalue weighted by Crippen LogP contribution is 2.37. The van der Waals surface area contributed by atoms with E-state index >= 15 is 0 Å². The van der Waals surface area contributed by atoms with E-state index in [1.807, 2.05) is 36.4 Å². The van der Waals surface area contributed by atoms with Crippen molar-refractivity contribution >= 4 is 30.8 Å². The van der Waals surface area contributed by atoms with Gasteiger partial charge in [0.1, 0.15) is 12.4 Å². The van der Waals surface area contributed by atoms with Crippen molar-refractivity contribution in [3.8, 4) is 0 Å². The molecule has 1 amide bonds. The van der Waals surface area contributed by atoms with Crippen LogP contribution >= 0.6 is 0 Å². The highest BCUT2D eigenvalue weighted by molar-refractivity contribution is 6.99. The molecule has 0 spiro atoms. The summed E-state index contributed by atoms with van der Waals surface area (Å²) in [4.78, 5) is 25.3. The number of ether oxygens (including phenoxy) is 4. The number of carbonyl (C=O) groups is 2. The fourth-order valence-electron chi connectivity index (χ4n) is 5.17. The number of benzene rings is 2. The molecule has 0 aliphatic heterocycles. The van der Waals surface area contributed by atoms with Crippen LogP contribution in [0.2, 0.25) is 5.04 Å². The summed E-state index contributed by atoms with van der Waals surface area (Å²) in [6.45, 7) is 14.1. The summed E-state index contributed by atoms with van der Waals surface area (Å²) in [6.07, 6.45) is -1.63. The molecule has 0 saturated heterocycles. The van der Waals surface area contributed by atoms with E-state index in [1.54, 1.807) is 27.7 Å². The number of hydrogen-bond donors (Lipinski definition) is 2. The molecular weight excluding hydrogens is 566 g/mol. The van der Waals surface area contributed by atoms with Gasteiger partial charge >= 0.3 is 12.1 Å². The quantitative estimate of drug-likeness (QED) is 0.123. The first-order valence-corrected chi connectivity index (χ1v) is 16.8. The van der Waals surface area contributed by atoms with Gasteiger partial charge in [0.05, 0.1) is 38.4 Å². The van der Waals surface area contributed by atoms with Crippen molar-refractivity contribution in [2.45, 2.75) is 84.1 Å². The Balaban J connectivity index is 2.50. The van der Waals surface area contributed by atoms with Gasteiger partial charge in [-0.05, 0) is 49.5 Å². The summed E-state index contributed by atoms with van der Waals surface area (Å²) >= 11 is 0. The summed E-state index contributed by atoms with van der Waals surface area (Å²) in [6, 6.07) is 19.9. The standard InChI is InChI=1S/C33H51NO8Si/c1-9-40-30(36)21-29(35)25(22-39-24-38-8)20-26(34-31(37)42-32(2,3)4)23-41-43(33(5,6)7,27-16-12-10-13-17-27)28-18-14-11-15-19-28/h10-19,25-26,29,35H,9,20-24H2,1-8H3,(H,34,37)/t25-,26-,29?/m0/s1. The number of aliphatic hydroxyl groups is 1. The average molecular weight is 618 g/mol. The third-order valence-corrected chi connectivity index (χ3v) is 12.0. The monoisotopic (exact) mass is 617 g/mol. The topological polar surface area (TPSA) is 113 Å². The van der Waals surface area contributed by atoms with Crippen LogP contribution in [0.15, 0.2) is 60.7 Å². The second-order valence-electron chi connectivity index (χ2n) is 12.7. The van der Waals surface area contributed by atoms with Crippen LogP contribution in [0.1, 0.15) is 61.3 Å². The number of methoxy groups -OCH3 is 1. The van der Waals surface area contributed by atoms with Gasteiger partial charge in [0, 0.05) is 13.0 Å². The van der Waals surface area contributed by atoms with Crippen molar-refractivity contribution in [3.63, 3.8) is 0 Å². The third kappa shape index (κ3) is 11.3. The van der Waals surface area contributed by atoms with E-state index in [4.69, 9.17) is 23.4 Å². The van der Waals surface area contributed by atoms with Gasteiger partial charge < -0.3 is 33.8 Å². The van der Waals surface area contributed by atoms with Crippen LogP contribution in [0.5, 0.6) is 0 Å². The normalized spacial score (nSPS) is 14.4. The molecule has 0 aliphatic carbocycles.